The molecule has 0 fully saturated rings. The molecule has 4 aromatic rings. The van der Waals surface area contributed by atoms with Gasteiger partial charge in [-0.15, -0.1) is 11.3 Å². The highest BCUT2D eigenvalue weighted by Crippen LogP contribution is 2.32. The lowest BCUT2D eigenvalue weighted by molar-refractivity contribution is -0.115. The minimum atomic E-state index is 0.00163. The van der Waals surface area contributed by atoms with Crippen LogP contribution in [0.3, 0.4) is 0 Å². The van der Waals surface area contributed by atoms with Crippen LogP contribution < -0.4 is 10.2 Å². The smallest absolute Gasteiger partial charge is 0.243 e. The van der Waals surface area contributed by atoms with Gasteiger partial charge < -0.3 is 10.2 Å². The monoisotopic (exact) mass is 413 g/mol. The Morgan fingerprint density at radius 1 is 1.13 bits per heavy atom. The largest absolute Gasteiger partial charge is 0.359 e. The number of anilines is 2. The molecule has 0 saturated carbocycles. The van der Waals surface area contributed by atoms with Gasteiger partial charge in [0.25, 0.3) is 0 Å². The fourth-order valence-corrected chi connectivity index (χ4v) is 5.15. The summed E-state index contributed by atoms with van der Waals surface area (Å²) >= 11 is 1.69. The van der Waals surface area contributed by atoms with Gasteiger partial charge in [-0.25, -0.2) is 4.98 Å². The molecule has 0 radical (unpaired) electrons. The van der Waals surface area contributed by atoms with Crippen LogP contribution in [0.2, 0.25) is 0 Å². The van der Waals surface area contributed by atoms with Crippen molar-refractivity contribution < 1.29 is 4.79 Å². The van der Waals surface area contributed by atoms with Crippen LogP contribution in [0.25, 0.3) is 20.8 Å². The Hall–Kier alpha value is -3.18. The molecule has 1 aliphatic rings. The van der Waals surface area contributed by atoms with E-state index < -0.39 is 0 Å². The fraction of sp³-hybridized carbons (Fsp3) is 0.200. The average Bonchev–Trinajstić information content (AvgIpc) is 3.29. The lowest BCUT2D eigenvalue weighted by atomic mass is 10.1. The van der Waals surface area contributed by atoms with Gasteiger partial charge in [-0.3, -0.25) is 4.79 Å². The normalized spacial score (nSPS) is 15.4. The van der Waals surface area contributed by atoms with E-state index >= 15 is 0 Å². The second-order valence-corrected chi connectivity index (χ2v) is 8.96. The van der Waals surface area contributed by atoms with E-state index in [1.54, 1.807) is 11.3 Å². The number of carbonyl (C=O) groups is 1. The Kier molecular flexibility index (Phi) is 4.75. The number of aryl methyl sites for hydroxylation is 1. The van der Waals surface area contributed by atoms with Crippen LogP contribution in [0.1, 0.15) is 18.1 Å². The molecule has 150 valence electrons. The van der Waals surface area contributed by atoms with Gasteiger partial charge in [0.05, 0.1) is 16.8 Å². The average molecular weight is 414 g/mol. The molecule has 1 N–H and O–H groups in total. The predicted molar refractivity (Wildman–Crippen MR) is 125 cm³/mol. The van der Waals surface area contributed by atoms with Crippen molar-refractivity contribution >= 4 is 38.8 Å². The third-order valence-electron chi connectivity index (χ3n) is 5.62. The molecule has 2 heterocycles. The van der Waals surface area contributed by atoms with Crippen LogP contribution in [-0.4, -0.2) is 23.5 Å². The molecule has 1 amide bonds. The summed E-state index contributed by atoms with van der Waals surface area (Å²) in [6.07, 6.45) is 0.986. The zero-order valence-corrected chi connectivity index (χ0v) is 17.9. The molecule has 0 spiro atoms. The van der Waals surface area contributed by atoms with Gasteiger partial charge in [0, 0.05) is 23.0 Å². The van der Waals surface area contributed by atoms with E-state index in [1.165, 1.54) is 21.5 Å². The molecule has 3 aromatic carbocycles. The van der Waals surface area contributed by atoms with Crippen LogP contribution >= 0.6 is 11.3 Å². The Labute approximate surface area is 180 Å². The number of nitrogens with zero attached hydrogens (tertiary/aromatic N) is 2. The van der Waals surface area contributed by atoms with Gasteiger partial charge >= 0.3 is 0 Å². The molecule has 1 aliphatic heterocycles. The third kappa shape index (κ3) is 3.57. The molecule has 5 rings (SSSR count). The van der Waals surface area contributed by atoms with Gasteiger partial charge in [-0.2, -0.15) is 0 Å². The van der Waals surface area contributed by atoms with E-state index in [1.807, 2.05) is 30.3 Å². The van der Waals surface area contributed by atoms with Crippen LogP contribution in [0.15, 0.2) is 66.7 Å². The van der Waals surface area contributed by atoms with Crippen molar-refractivity contribution in [2.45, 2.75) is 26.3 Å². The Balaban J connectivity index is 1.28. The van der Waals surface area contributed by atoms with Crippen molar-refractivity contribution in [3.8, 4) is 10.6 Å². The van der Waals surface area contributed by atoms with Crippen molar-refractivity contribution in [3.05, 3.63) is 77.9 Å². The molecular formula is C25H23N3OS. The molecule has 1 atom stereocenters. The number of benzene rings is 3. The molecule has 0 bridgehead atoms. The van der Waals surface area contributed by atoms with Gasteiger partial charge in [-0.1, -0.05) is 24.3 Å². The number of thiazole rings is 1. The molecule has 5 heteroatoms. The number of carbonyl (C=O) groups excluding carboxylic acids is 1. The first-order valence-electron chi connectivity index (χ1n) is 10.2. The SMILES string of the molecule is Cc1ccc2nc(-c3ccc(NC(=O)CN4c5ccccc5CC4C)cc3)sc2c1. The molecule has 4 nitrogen and oxygen atoms in total. The number of aromatic nitrogens is 1. The first-order valence-corrected chi connectivity index (χ1v) is 11.0. The van der Waals surface area contributed by atoms with Crippen LogP contribution in [-0.2, 0) is 11.2 Å². The zero-order valence-electron chi connectivity index (χ0n) is 17.1. The number of amides is 1. The number of hydrogen-bond acceptors (Lipinski definition) is 4. The van der Waals surface area contributed by atoms with Crippen molar-refractivity contribution in [2.24, 2.45) is 0 Å². The minimum Gasteiger partial charge on any atom is -0.359 e. The van der Waals surface area contributed by atoms with Gasteiger partial charge in [0.15, 0.2) is 0 Å². The zero-order chi connectivity index (χ0) is 20.7. The van der Waals surface area contributed by atoms with E-state index in [-0.39, 0.29) is 5.91 Å². The second kappa shape index (κ2) is 7.58. The minimum absolute atomic E-state index is 0.00163. The first-order chi connectivity index (χ1) is 14.6. The number of fused-ring (bicyclic) bond motifs is 2. The van der Waals surface area contributed by atoms with Crippen molar-refractivity contribution in [2.75, 3.05) is 16.8 Å². The lowest BCUT2D eigenvalue weighted by Crippen LogP contribution is -2.37. The highest BCUT2D eigenvalue weighted by molar-refractivity contribution is 7.21. The summed E-state index contributed by atoms with van der Waals surface area (Å²) in [5.41, 5.74) is 6.62. The Morgan fingerprint density at radius 3 is 2.77 bits per heavy atom. The molecular weight excluding hydrogens is 390 g/mol. The molecule has 30 heavy (non-hydrogen) atoms. The van der Waals surface area contributed by atoms with E-state index in [9.17, 15) is 4.79 Å². The van der Waals surface area contributed by atoms with Crippen molar-refractivity contribution in [1.29, 1.82) is 0 Å². The first kappa shape index (κ1) is 18.8. The summed E-state index contributed by atoms with van der Waals surface area (Å²) in [6, 6.07) is 22.9. The highest BCUT2D eigenvalue weighted by Gasteiger charge is 2.26. The fourth-order valence-electron chi connectivity index (χ4n) is 4.08. The summed E-state index contributed by atoms with van der Waals surface area (Å²) in [7, 11) is 0. The van der Waals surface area contributed by atoms with E-state index in [4.69, 9.17) is 4.98 Å². The molecule has 0 aliphatic carbocycles. The van der Waals surface area contributed by atoms with Crippen molar-refractivity contribution in [1.82, 2.24) is 4.98 Å². The highest BCUT2D eigenvalue weighted by atomic mass is 32.1. The Bertz CT molecular complexity index is 1230. The number of para-hydroxylation sites is 1. The van der Waals surface area contributed by atoms with Gasteiger partial charge in [-0.05, 0) is 73.9 Å². The maximum atomic E-state index is 12.7. The Morgan fingerprint density at radius 2 is 1.93 bits per heavy atom. The lowest BCUT2D eigenvalue weighted by Gasteiger charge is -2.24. The second-order valence-electron chi connectivity index (χ2n) is 7.93. The van der Waals surface area contributed by atoms with Crippen LogP contribution in [0, 0.1) is 6.92 Å². The van der Waals surface area contributed by atoms with Crippen LogP contribution in [0.5, 0.6) is 0 Å². The standard InChI is InChI=1S/C25H23N3OS/c1-16-7-12-21-23(13-16)30-25(27-21)18-8-10-20(11-9-18)26-24(29)15-28-17(2)14-19-5-3-4-6-22(19)28/h3-13,17H,14-15H2,1-2H3,(H,26,29). The third-order valence-corrected chi connectivity index (χ3v) is 6.69. The van der Waals surface area contributed by atoms with E-state index in [0.29, 0.717) is 12.6 Å². The molecule has 1 aromatic heterocycles. The van der Waals surface area contributed by atoms with E-state index in [0.717, 1.165) is 28.2 Å². The number of rotatable bonds is 4. The maximum absolute atomic E-state index is 12.7. The van der Waals surface area contributed by atoms with Gasteiger partial charge in [0.1, 0.15) is 5.01 Å². The molecule has 0 saturated heterocycles. The van der Waals surface area contributed by atoms with Crippen LogP contribution in [0.4, 0.5) is 11.4 Å². The summed E-state index contributed by atoms with van der Waals surface area (Å²) in [5.74, 6) is 0.00163. The van der Waals surface area contributed by atoms with Crippen molar-refractivity contribution in [3.63, 3.8) is 0 Å². The molecule has 1 unspecified atom stereocenters. The number of nitrogens with one attached hydrogen (secondary N) is 1. The summed E-state index contributed by atoms with van der Waals surface area (Å²) in [5, 5.41) is 4.03. The predicted octanol–water partition coefficient (Wildman–Crippen LogP) is 5.66. The topological polar surface area (TPSA) is 45.2 Å². The maximum Gasteiger partial charge on any atom is 0.243 e. The van der Waals surface area contributed by atoms with Gasteiger partial charge in [0.2, 0.25) is 5.91 Å². The summed E-state index contributed by atoms with van der Waals surface area (Å²) in [4.78, 5) is 19.6. The van der Waals surface area contributed by atoms with E-state index in [2.05, 4.69) is 60.5 Å². The summed E-state index contributed by atoms with van der Waals surface area (Å²) in [6.45, 7) is 4.62. The quantitative estimate of drug-likeness (QED) is 0.469. The summed E-state index contributed by atoms with van der Waals surface area (Å²) < 4.78 is 1.20. The number of hydrogen-bond donors (Lipinski definition) is 1.